The third-order valence-electron chi connectivity index (χ3n) is 3.86. The van der Waals surface area contributed by atoms with E-state index in [4.69, 9.17) is 21.7 Å². The highest BCUT2D eigenvalue weighted by molar-refractivity contribution is 6.31. The minimum Gasteiger partial charge on any atom is -0.391 e. The fraction of sp³-hybridized carbons (Fsp3) is 0.167. The molecule has 0 aliphatic carbocycles. The molecule has 2 aromatic carbocycles. The molecule has 1 aromatic heterocycles. The van der Waals surface area contributed by atoms with Crippen LogP contribution in [-0.4, -0.2) is 25.5 Å². The number of benzene rings is 2. The van der Waals surface area contributed by atoms with Crippen molar-refractivity contribution in [1.29, 1.82) is 5.26 Å². The average Bonchev–Trinajstić information content (AvgIpc) is 3.01. The molecule has 0 unspecified atom stereocenters. The van der Waals surface area contributed by atoms with Gasteiger partial charge in [0.2, 0.25) is 0 Å². The summed E-state index contributed by atoms with van der Waals surface area (Å²) in [4.78, 5) is 17.6. The van der Waals surface area contributed by atoms with Gasteiger partial charge in [-0.3, -0.25) is 0 Å². The third-order valence-corrected chi connectivity index (χ3v) is 4.22. The van der Waals surface area contributed by atoms with Gasteiger partial charge in [-0.05, 0) is 41.6 Å². The van der Waals surface area contributed by atoms with Crippen molar-refractivity contribution in [2.24, 2.45) is 12.2 Å². The van der Waals surface area contributed by atoms with Gasteiger partial charge in [0.05, 0.1) is 23.0 Å². The maximum Gasteiger partial charge on any atom is 0.368 e. The fourth-order valence-electron chi connectivity index (χ4n) is 2.41. The molecule has 136 valence electrons. The second-order valence-corrected chi connectivity index (χ2v) is 6.08. The number of hydrogen-bond acceptors (Lipinski definition) is 6. The van der Waals surface area contributed by atoms with Crippen molar-refractivity contribution in [3.05, 3.63) is 74.7 Å². The smallest absolute Gasteiger partial charge is 0.368 e. The lowest BCUT2D eigenvalue weighted by Crippen LogP contribution is -2.23. The number of oxime groups is 1. The van der Waals surface area contributed by atoms with Crippen LogP contribution >= 0.6 is 11.6 Å². The molecule has 0 spiro atoms. The van der Waals surface area contributed by atoms with Gasteiger partial charge in [-0.2, -0.15) is 14.6 Å². The number of nitrogens with zero attached hydrogens (tertiary/aromatic N) is 6. The molecule has 3 aromatic rings. The number of tetrazole rings is 1. The van der Waals surface area contributed by atoms with Crippen molar-refractivity contribution >= 4 is 17.3 Å². The van der Waals surface area contributed by atoms with E-state index in [0.29, 0.717) is 27.5 Å². The molecular formula is C18H15ClN6O2. The lowest BCUT2D eigenvalue weighted by atomic mass is 10.1. The van der Waals surface area contributed by atoms with Crippen LogP contribution in [0.15, 0.2) is 52.4 Å². The van der Waals surface area contributed by atoms with Crippen molar-refractivity contribution in [2.45, 2.75) is 13.5 Å². The molecule has 9 heteroatoms. The van der Waals surface area contributed by atoms with Gasteiger partial charge in [0.15, 0.2) is 0 Å². The number of nitriles is 1. The number of hydrogen-bond donors (Lipinski definition) is 0. The molecule has 0 amide bonds. The summed E-state index contributed by atoms with van der Waals surface area (Å²) >= 11 is 6.28. The largest absolute Gasteiger partial charge is 0.391 e. The Labute approximate surface area is 159 Å². The van der Waals surface area contributed by atoms with E-state index in [1.54, 1.807) is 43.3 Å². The molecule has 0 fully saturated rings. The maximum atomic E-state index is 12.1. The van der Waals surface area contributed by atoms with Crippen molar-refractivity contribution < 1.29 is 4.84 Å². The van der Waals surface area contributed by atoms with E-state index in [-0.39, 0.29) is 6.61 Å². The highest BCUT2D eigenvalue weighted by atomic mass is 35.5. The van der Waals surface area contributed by atoms with E-state index in [0.717, 1.165) is 14.9 Å². The zero-order chi connectivity index (χ0) is 19.4. The Morgan fingerprint density at radius 1 is 1.30 bits per heavy atom. The van der Waals surface area contributed by atoms with Gasteiger partial charge < -0.3 is 4.84 Å². The lowest BCUT2D eigenvalue weighted by Gasteiger charge is -2.09. The zero-order valence-corrected chi connectivity index (χ0v) is 15.4. The molecule has 0 saturated carbocycles. The van der Waals surface area contributed by atoms with Crippen LogP contribution in [-0.2, 0) is 18.5 Å². The Balaban J connectivity index is 1.85. The minimum atomic E-state index is -0.397. The second-order valence-electron chi connectivity index (χ2n) is 5.68. The summed E-state index contributed by atoms with van der Waals surface area (Å²) in [5.74, 6) is 0. The highest BCUT2D eigenvalue weighted by Crippen LogP contribution is 2.23. The molecule has 1 heterocycles. The van der Waals surface area contributed by atoms with Crippen LogP contribution in [0.3, 0.4) is 0 Å². The SMILES string of the molecule is C/C(=N\OCc1c(Cl)cccc1-n1nnn(C)c1=O)c1cccc(C#N)c1. The van der Waals surface area contributed by atoms with Gasteiger partial charge in [-0.15, -0.1) is 0 Å². The molecule has 0 N–H and O–H groups in total. The quantitative estimate of drug-likeness (QED) is 0.498. The predicted molar refractivity (Wildman–Crippen MR) is 99.8 cm³/mol. The Morgan fingerprint density at radius 3 is 2.78 bits per heavy atom. The number of aromatic nitrogens is 4. The molecular weight excluding hydrogens is 368 g/mol. The van der Waals surface area contributed by atoms with Crippen LogP contribution in [0.1, 0.15) is 23.6 Å². The Kier molecular flexibility index (Phi) is 5.33. The van der Waals surface area contributed by atoms with Gasteiger partial charge in [0, 0.05) is 23.2 Å². The normalized spacial score (nSPS) is 11.3. The number of halogens is 1. The van der Waals surface area contributed by atoms with E-state index in [9.17, 15) is 4.79 Å². The number of aryl methyl sites for hydroxylation is 1. The van der Waals surface area contributed by atoms with Crippen LogP contribution in [0.25, 0.3) is 5.69 Å². The second kappa shape index (κ2) is 7.85. The maximum absolute atomic E-state index is 12.1. The van der Waals surface area contributed by atoms with Crippen LogP contribution in [0.4, 0.5) is 0 Å². The van der Waals surface area contributed by atoms with Crippen molar-refractivity contribution in [3.63, 3.8) is 0 Å². The van der Waals surface area contributed by atoms with E-state index in [1.165, 1.54) is 7.05 Å². The van der Waals surface area contributed by atoms with E-state index < -0.39 is 5.69 Å². The topological polar surface area (TPSA) is 98.1 Å². The zero-order valence-electron chi connectivity index (χ0n) is 14.6. The molecule has 0 aliphatic heterocycles. The van der Waals surface area contributed by atoms with Gasteiger partial charge in [0.1, 0.15) is 6.61 Å². The van der Waals surface area contributed by atoms with E-state index in [2.05, 4.69) is 21.7 Å². The Hall–Kier alpha value is -3.44. The first-order valence-corrected chi connectivity index (χ1v) is 8.33. The minimum absolute atomic E-state index is 0.0350. The first-order valence-electron chi connectivity index (χ1n) is 7.95. The summed E-state index contributed by atoms with van der Waals surface area (Å²) in [6.45, 7) is 1.81. The van der Waals surface area contributed by atoms with Crippen molar-refractivity contribution in [3.8, 4) is 11.8 Å². The summed E-state index contributed by atoms with van der Waals surface area (Å²) < 4.78 is 2.27. The standard InChI is InChI=1S/C18H15ClN6O2/c1-12(14-6-3-5-13(9-14)10-20)21-27-11-15-16(19)7-4-8-17(15)25-18(26)24(2)22-23-25/h3-9H,11H2,1-2H3/b21-12+. The molecule has 3 rings (SSSR count). The molecule has 0 radical (unpaired) electrons. The predicted octanol–water partition coefficient (Wildman–Crippen LogP) is 2.43. The van der Waals surface area contributed by atoms with Crippen LogP contribution in [0.2, 0.25) is 5.02 Å². The highest BCUT2D eigenvalue weighted by Gasteiger charge is 2.14. The van der Waals surface area contributed by atoms with Gasteiger partial charge in [-0.1, -0.05) is 35.0 Å². The molecule has 0 aliphatic rings. The first kappa shape index (κ1) is 18.4. The van der Waals surface area contributed by atoms with Crippen LogP contribution < -0.4 is 5.69 Å². The first-order chi connectivity index (χ1) is 13.0. The van der Waals surface area contributed by atoms with Crippen LogP contribution in [0.5, 0.6) is 0 Å². The molecule has 27 heavy (non-hydrogen) atoms. The summed E-state index contributed by atoms with van der Waals surface area (Å²) in [5.41, 5.74) is 2.56. The molecule has 0 atom stereocenters. The van der Waals surface area contributed by atoms with Gasteiger partial charge in [0.25, 0.3) is 0 Å². The summed E-state index contributed by atoms with van der Waals surface area (Å²) in [5, 5.41) is 21.0. The van der Waals surface area contributed by atoms with Crippen molar-refractivity contribution in [2.75, 3.05) is 0 Å². The summed E-state index contributed by atoms with van der Waals surface area (Å²) in [6.07, 6.45) is 0. The molecule has 0 saturated heterocycles. The summed E-state index contributed by atoms with van der Waals surface area (Å²) in [6, 6.07) is 14.2. The van der Waals surface area contributed by atoms with Crippen molar-refractivity contribution in [1.82, 2.24) is 19.8 Å². The molecule has 0 bridgehead atoms. The van der Waals surface area contributed by atoms with Gasteiger partial charge >= 0.3 is 5.69 Å². The summed E-state index contributed by atoms with van der Waals surface area (Å²) in [7, 11) is 1.51. The third kappa shape index (κ3) is 3.88. The van der Waals surface area contributed by atoms with E-state index >= 15 is 0 Å². The van der Waals surface area contributed by atoms with E-state index in [1.807, 2.05) is 6.07 Å². The monoisotopic (exact) mass is 382 g/mol. The fourth-order valence-corrected chi connectivity index (χ4v) is 2.64. The average molecular weight is 383 g/mol. The van der Waals surface area contributed by atoms with Crippen LogP contribution in [0, 0.1) is 11.3 Å². The molecule has 8 nitrogen and oxygen atoms in total. The number of rotatable bonds is 5. The Bertz CT molecular complexity index is 1110. The Morgan fingerprint density at radius 2 is 2.07 bits per heavy atom. The lowest BCUT2D eigenvalue weighted by molar-refractivity contribution is 0.130. The van der Waals surface area contributed by atoms with Gasteiger partial charge in [-0.25, -0.2) is 4.79 Å².